The van der Waals surface area contributed by atoms with E-state index in [1.54, 1.807) is 6.08 Å². The van der Waals surface area contributed by atoms with Gasteiger partial charge >= 0.3 is 0 Å². The Morgan fingerprint density at radius 3 is 2.44 bits per heavy atom. The second-order valence-corrected chi connectivity index (χ2v) is 6.70. The average molecular weight is 360 g/mol. The van der Waals surface area contributed by atoms with E-state index in [0.717, 1.165) is 36.7 Å². The van der Waals surface area contributed by atoms with Gasteiger partial charge in [-0.2, -0.15) is 0 Å². The maximum absolute atomic E-state index is 12.5. The van der Waals surface area contributed by atoms with Crippen molar-refractivity contribution in [3.8, 4) is 0 Å². The zero-order valence-corrected chi connectivity index (χ0v) is 15.6. The molecule has 5 nitrogen and oxygen atoms in total. The Morgan fingerprint density at radius 1 is 1.00 bits per heavy atom. The number of rotatable bonds is 4. The Labute approximate surface area is 159 Å². The number of carbonyl (C=O) groups excluding carboxylic acids is 1. The monoisotopic (exact) mass is 360 g/mol. The van der Waals surface area contributed by atoms with Crippen LogP contribution < -0.4 is 4.90 Å². The fourth-order valence-corrected chi connectivity index (χ4v) is 3.58. The molecular formula is C22H24N4O. The van der Waals surface area contributed by atoms with E-state index in [2.05, 4.69) is 34.6 Å². The number of aromatic nitrogens is 2. The lowest BCUT2D eigenvalue weighted by atomic mass is 10.2. The standard InChI is InChI=1S/C22H24N4O/c1-2-26-20-11-7-6-10-19(20)23-22(26)25-16-14-24(15-17-25)21(27)13-12-18-8-4-3-5-9-18/h3-13H,2,14-17H2,1H3/b13-12+. The summed E-state index contributed by atoms with van der Waals surface area (Å²) in [6.07, 6.45) is 3.55. The Hall–Kier alpha value is -3.08. The quantitative estimate of drug-likeness (QED) is 0.670. The van der Waals surface area contributed by atoms with Crippen molar-refractivity contribution >= 4 is 29.0 Å². The van der Waals surface area contributed by atoms with Crippen LogP contribution in [0.3, 0.4) is 0 Å². The van der Waals surface area contributed by atoms with Crippen molar-refractivity contribution in [2.45, 2.75) is 13.5 Å². The summed E-state index contributed by atoms with van der Waals surface area (Å²) in [7, 11) is 0. The number of para-hydroxylation sites is 2. The van der Waals surface area contributed by atoms with Gasteiger partial charge in [0.1, 0.15) is 0 Å². The van der Waals surface area contributed by atoms with Crippen molar-refractivity contribution in [2.75, 3.05) is 31.1 Å². The fourth-order valence-electron chi connectivity index (χ4n) is 3.58. The molecule has 0 radical (unpaired) electrons. The van der Waals surface area contributed by atoms with Gasteiger partial charge in [0.25, 0.3) is 0 Å². The van der Waals surface area contributed by atoms with Crippen LogP contribution in [-0.2, 0) is 11.3 Å². The zero-order valence-electron chi connectivity index (χ0n) is 15.6. The summed E-state index contributed by atoms with van der Waals surface area (Å²) in [4.78, 5) is 21.5. The van der Waals surface area contributed by atoms with Crippen molar-refractivity contribution in [3.63, 3.8) is 0 Å². The number of fused-ring (bicyclic) bond motifs is 1. The molecule has 1 aliphatic rings. The van der Waals surface area contributed by atoms with Crippen molar-refractivity contribution in [1.82, 2.24) is 14.5 Å². The third-order valence-electron chi connectivity index (χ3n) is 5.04. The Balaban J connectivity index is 1.43. The SMILES string of the molecule is CCn1c(N2CCN(C(=O)/C=C/c3ccccc3)CC2)nc2ccccc21. The smallest absolute Gasteiger partial charge is 0.246 e. The molecule has 2 heterocycles. The fraction of sp³-hybridized carbons (Fsp3) is 0.273. The molecule has 0 atom stereocenters. The molecule has 0 saturated carbocycles. The highest BCUT2D eigenvalue weighted by Crippen LogP contribution is 2.23. The number of aryl methyl sites for hydroxylation is 1. The summed E-state index contributed by atoms with van der Waals surface area (Å²) in [6.45, 7) is 6.05. The van der Waals surface area contributed by atoms with Gasteiger partial charge < -0.3 is 14.4 Å². The molecule has 1 saturated heterocycles. The first kappa shape index (κ1) is 17.3. The predicted octanol–water partition coefficient (Wildman–Crippen LogP) is 3.42. The Morgan fingerprint density at radius 2 is 1.70 bits per heavy atom. The number of amides is 1. The van der Waals surface area contributed by atoms with E-state index in [0.29, 0.717) is 13.1 Å². The van der Waals surface area contributed by atoms with Gasteiger partial charge in [-0.05, 0) is 30.7 Å². The maximum atomic E-state index is 12.5. The number of hydrogen-bond acceptors (Lipinski definition) is 3. The first-order chi connectivity index (χ1) is 13.3. The number of piperazine rings is 1. The molecule has 0 N–H and O–H groups in total. The summed E-state index contributed by atoms with van der Waals surface area (Å²) >= 11 is 0. The number of nitrogens with zero attached hydrogens (tertiary/aromatic N) is 4. The number of imidazole rings is 1. The van der Waals surface area contributed by atoms with Crippen LogP contribution in [0.1, 0.15) is 12.5 Å². The number of carbonyl (C=O) groups is 1. The number of hydrogen-bond donors (Lipinski definition) is 0. The molecular weight excluding hydrogens is 336 g/mol. The van der Waals surface area contributed by atoms with E-state index in [1.807, 2.05) is 47.4 Å². The minimum Gasteiger partial charge on any atom is -0.339 e. The Kier molecular flexibility index (Phi) is 4.92. The van der Waals surface area contributed by atoms with E-state index < -0.39 is 0 Å². The number of anilines is 1. The summed E-state index contributed by atoms with van der Waals surface area (Å²) in [5, 5.41) is 0. The summed E-state index contributed by atoms with van der Waals surface area (Å²) in [5.74, 6) is 1.08. The molecule has 1 amide bonds. The summed E-state index contributed by atoms with van der Waals surface area (Å²) in [5.41, 5.74) is 3.24. The van der Waals surface area contributed by atoms with Gasteiger partial charge in [0, 0.05) is 38.8 Å². The van der Waals surface area contributed by atoms with Crippen LogP contribution in [0, 0.1) is 0 Å². The largest absolute Gasteiger partial charge is 0.339 e. The van der Waals surface area contributed by atoms with Crippen LogP contribution in [-0.4, -0.2) is 46.5 Å². The topological polar surface area (TPSA) is 41.4 Å². The molecule has 0 unspecified atom stereocenters. The molecule has 1 aliphatic heterocycles. The first-order valence-corrected chi connectivity index (χ1v) is 9.48. The average Bonchev–Trinajstić information content (AvgIpc) is 3.11. The van der Waals surface area contributed by atoms with Crippen molar-refractivity contribution in [3.05, 3.63) is 66.2 Å². The van der Waals surface area contributed by atoms with E-state index in [9.17, 15) is 4.79 Å². The van der Waals surface area contributed by atoms with Crippen LogP contribution in [0.2, 0.25) is 0 Å². The lowest BCUT2D eigenvalue weighted by Gasteiger charge is -2.35. The van der Waals surface area contributed by atoms with Crippen LogP contribution >= 0.6 is 0 Å². The van der Waals surface area contributed by atoms with Crippen LogP contribution in [0.4, 0.5) is 5.95 Å². The predicted molar refractivity (Wildman–Crippen MR) is 110 cm³/mol. The Bertz CT molecular complexity index is 953. The van der Waals surface area contributed by atoms with Gasteiger partial charge in [0.2, 0.25) is 11.9 Å². The molecule has 1 fully saturated rings. The van der Waals surface area contributed by atoms with Crippen LogP contribution in [0.5, 0.6) is 0 Å². The van der Waals surface area contributed by atoms with E-state index >= 15 is 0 Å². The molecule has 27 heavy (non-hydrogen) atoms. The van der Waals surface area contributed by atoms with E-state index in [1.165, 1.54) is 5.52 Å². The van der Waals surface area contributed by atoms with Gasteiger partial charge in [-0.1, -0.05) is 42.5 Å². The molecule has 1 aromatic heterocycles. The lowest BCUT2D eigenvalue weighted by Crippen LogP contribution is -2.49. The molecule has 0 spiro atoms. The maximum Gasteiger partial charge on any atom is 0.246 e. The van der Waals surface area contributed by atoms with E-state index in [-0.39, 0.29) is 5.91 Å². The molecule has 3 aromatic rings. The third-order valence-corrected chi connectivity index (χ3v) is 5.04. The molecule has 0 aliphatic carbocycles. The normalized spacial score (nSPS) is 15.0. The minimum absolute atomic E-state index is 0.0718. The first-order valence-electron chi connectivity index (χ1n) is 9.48. The van der Waals surface area contributed by atoms with Gasteiger partial charge in [0.15, 0.2) is 0 Å². The summed E-state index contributed by atoms with van der Waals surface area (Å²) < 4.78 is 2.25. The minimum atomic E-state index is 0.0718. The van der Waals surface area contributed by atoms with Crippen molar-refractivity contribution in [2.24, 2.45) is 0 Å². The van der Waals surface area contributed by atoms with E-state index in [4.69, 9.17) is 4.98 Å². The zero-order chi connectivity index (χ0) is 18.6. The molecule has 2 aromatic carbocycles. The second kappa shape index (κ2) is 7.66. The second-order valence-electron chi connectivity index (χ2n) is 6.70. The summed E-state index contributed by atoms with van der Waals surface area (Å²) in [6, 6.07) is 18.2. The van der Waals surface area contributed by atoms with Crippen LogP contribution in [0.15, 0.2) is 60.7 Å². The molecule has 0 bridgehead atoms. The van der Waals surface area contributed by atoms with Crippen molar-refractivity contribution < 1.29 is 4.79 Å². The molecule has 138 valence electrons. The van der Waals surface area contributed by atoms with Gasteiger partial charge in [-0.25, -0.2) is 4.98 Å². The molecule has 5 heteroatoms. The van der Waals surface area contributed by atoms with Crippen LogP contribution in [0.25, 0.3) is 17.1 Å². The van der Waals surface area contributed by atoms with Gasteiger partial charge in [0.05, 0.1) is 11.0 Å². The highest BCUT2D eigenvalue weighted by molar-refractivity contribution is 5.92. The van der Waals surface area contributed by atoms with Crippen molar-refractivity contribution in [1.29, 1.82) is 0 Å². The third kappa shape index (κ3) is 3.58. The van der Waals surface area contributed by atoms with Gasteiger partial charge in [-0.15, -0.1) is 0 Å². The molecule has 4 rings (SSSR count). The highest BCUT2D eigenvalue weighted by atomic mass is 16.2. The number of benzene rings is 2. The highest BCUT2D eigenvalue weighted by Gasteiger charge is 2.23. The van der Waals surface area contributed by atoms with Gasteiger partial charge in [-0.3, -0.25) is 4.79 Å². The lowest BCUT2D eigenvalue weighted by molar-refractivity contribution is -0.126.